The van der Waals surface area contributed by atoms with E-state index in [0.29, 0.717) is 38.3 Å². The van der Waals surface area contributed by atoms with E-state index in [2.05, 4.69) is 15.2 Å². The van der Waals surface area contributed by atoms with Crippen LogP contribution in [0.1, 0.15) is 22.3 Å². The van der Waals surface area contributed by atoms with Gasteiger partial charge in [-0.2, -0.15) is 0 Å². The summed E-state index contributed by atoms with van der Waals surface area (Å²) in [6.07, 6.45) is 4.05. The Morgan fingerprint density at radius 2 is 1.74 bits per heavy atom. The van der Waals surface area contributed by atoms with Gasteiger partial charge in [-0.3, -0.25) is 19.5 Å². The molecule has 0 unspecified atom stereocenters. The Morgan fingerprint density at radius 3 is 2.48 bits per heavy atom. The molecule has 6 nitrogen and oxygen atoms in total. The van der Waals surface area contributed by atoms with Crippen molar-refractivity contribution in [3.63, 3.8) is 0 Å². The standard InChI is InChI=1S/C20H23FN4O2/c21-18-4-2-16(3-5-18)14-23-19(26)15-24-10-1-11-25(13-12-24)20(27)17-6-8-22-9-7-17/h2-9H,1,10-15H2,(H,23,26). The summed E-state index contributed by atoms with van der Waals surface area (Å²) >= 11 is 0. The molecule has 0 aliphatic carbocycles. The van der Waals surface area contributed by atoms with Gasteiger partial charge in [0, 0.05) is 50.7 Å². The Morgan fingerprint density at radius 1 is 1.00 bits per heavy atom. The quantitative estimate of drug-likeness (QED) is 0.870. The molecule has 1 N–H and O–H groups in total. The minimum atomic E-state index is -0.291. The number of nitrogens with one attached hydrogen (secondary N) is 1. The van der Waals surface area contributed by atoms with Crippen molar-refractivity contribution in [2.24, 2.45) is 0 Å². The van der Waals surface area contributed by atoms with Gasteiger partial charge >= 0.3 is 0 Å². The largest absolute Gasteiger partial charge is 0.351 e. The maximum Gasteiger partial charge on any atom is 0.254 e. The van der Waals surface area contributed by atoms with E-state index >= 15 is 0 Å². The second-order valence-corrected chi connectivity index (χ2v) is 6.56. The number of nitrogens with zero attached hydrogens (tertiary/aromatic N) is 3. The molecule has 3 rings (SSSR count). The van der Waals surface area contributed by atoms with Crippen molar-refractivity contribution in [3.05, 3.63) is 65.7 Å². The van der Waals surface area contributed by atoms with Gasteiger partial charge in [-0.25, -0.2) is 4.39 Å². The second kappa shape index (κ2) is 9.23. The molecule has 2 aromatic rings. The number of aromatic nitrogens is 1. The van der Waals surface area contributed by atoms with Gasteiger partial charge in [-0.1, -0.05) is 12.1 Å². The first-order valence-corrected chi connectivity index (χ1v) is 9.04. The van der Waals surface area contributed by atoms with E-state index in [1.807, 2.05) is 4.90 Å². The zero-order valence-electron chi connectivity index (χ0n) is 15.1. The molecule has 1 aliphatic heterocycles. The van der Waals surface area contributed by atoms with Crippen LogP contribution >= 0.6 is 0 Å². The van der Waals surface area contributed by atoms with Crippen molar-refractivity contribution in [2.75, 3.05) is 32.7 Å². The number of hydrogen-bond donors (Lipinski definition) is 1. The van der Waals surface area contributed by atoms with Crippen LogP contribution < -0.4 is 5.32 Å². The number of hydrogen-bond acceptors (Lipinski definition) is 4. The van der Waals surface area contributed by atoms with E-state index in [9.17, 15) is 14.0 Å². The molecule has 0 bridgehead atoms. The fraction of sp³-hybridized carbons (Fsp3) is 0.350. The molecule has 0 saturated carbocycles. The average Bonchev–Trinajstić information content (AvgIpc) is 2.93. The molecule has 142 valence electrons. The van der Waals surface area contributed by atoms with E-state index in [0.717, 1.165) is 18.5 Å². The Balaban J connectivity index is 1.45. The topological polar surface area (TPSA) is 65.5 Å². The van der Waals surface area contributed by atoms with Gasteiger partial charge in [-0.15, -0.1) is 0 Å². The first-order valence-electron chi connectivity index (χ1n) is 9.04. The molecule has 0 radical (unpaired) electrons. The number of benzene rings is 1. The molecule has 1 aliphatic rings. The summed E-state index contributed by atoms with van der Waals surface area (Å²) in [5, 5.41) is 2.86. The van der Waals surface area contributed by atoms with Crippen molar-refractivity contribution in [1.29, 1.82) is 0 Å². The Kier molecular flexibility index (Phi) is 6.49. The van der Waals surface area contributed by atoms with E-state index in [1.54, 1.807) is 36.7 Å². The van der Waals surface area contributed by atoms with Gasteiger partial charge in [0.25, 0.3) is 5.91 Å². The molecule has 27 heavy (non-hydrogen) atoms. The minimum Gasteiger partial charge on any atom is -0.351 e. The molecule has 1 saturated heterocycles. The number of carbonyl (C=O) groups is 2. The van der Waals surface area contributed by atoms with Crippen LogP contribution in [0.3, 0.4) is 0 Å². The van der Waals surface area contributed by atoms with Crippen molar-refractivity contribution >= 4 is 11.8 Å². The SMILES string of the molecule is O=C(CN1CCCN(C(=O)c2ccncc2)CC1)NCc1ccc(F)cc1. The highest BCUT2D eigenvalue weighted by atomic mass is 19.1. The van der Waals surface area contributed by atoms with Crippen LogP contribution in [0.2, 0.25) is 0 Å². The van der Waals surface area contributed by atoms with Crippen LogP contribution in [-0.4, -0.2) is 59.3 Å². The molecule has 0 atom stereocenters. The van der Waals surface area contributed by atoms with Gasteiger partial charge in [-0.05, 0) is 36.2 Å². The summed E-state index contributed by atoms with van der Waals surface area (Å²) in [5.41, 5.74) is 1.49. The van der Waals surface area contributed by atoms with E-state index in [4.69, 9.17) is 0 Å². The first-order chi connectivity index (χ1) is 13.1. The van der Waals surface area contributed by atoms with E-state index in [-0.39, 0.29) is 17.6 Å². The molecule has 1 aromatic carbocycles. The van der Waals surface area contributed by atoms with Gasteiger partial charge in [0.15, 0.2) is 0 Å². The number of amides is 2. The lowest BCUT2D eigenvalue weighted by Crippen LogP contribution is -2.39. The Hall–Kier alpha value is -2.80. The predicted octanol–water partition coefficient (Wildman–Crippen LogP) is 1.68. The molecule has 0 spiro atoms. The highest BCUT2D eigenvalue weighted by Gasteiger charge is 2.21. The molecule has 1 aromatic heterocycles. The highest BCUT2D eigenvalue weighted by molar-refractivity contribution is 5.94. The Labute approximate surface area is 158 Å². The highest BCUT2D eigenvalue weighted by Crippen LogP contribution is 2.09. The summed E-state index contributed by atoms with van der Waals surface area (Å²) < 4.78 is 12.9. The third kappa shape index (κ3) is 5.59. The third-order valence-corrected chi connectivity index (χ3v) is 4.57. The van der Waals surface area contributed by atoms with Gasteiger partial charge in [0.1, 0.15) is 5.82 Å². The molecular weight excluding hydrogens is 347 g/mol. The lowest BCUT2D eigenvalue weighted by atomic mass is 10.2. The maximum atomic E-state index is 12.9. The molecule has 7 heteroatoms. The van der Waals surface area contributed by atoms with E-state index < -0.39 is 0 Å². The smallest absolute Gasteiger partial charge is 0.254 e. The molecule has 2 amide bonds. The third-order valence-electron chi connectivity index (χ3n) is 4.57. The van der Waals surface area contributed by atoms with Crippen molar-refractivity contribution < 1.29 is 14.0 Å². The zero-order valence-corrected chi connectivity index (χ0v) is 15.1. The summed E-state index contributed by atoms with van der Waals surface area (Å²) in [6.45, 7) is 3.35. The van der Waals surface area contributed by atoms with Gasteiger partial charge in [0.05, 0.1) is 6.54 Å². The number of rotatable bonds is 5. The summed E-state index contributed by atoms with van der Waals surface area (Å²) in [6, 6.07) is 9.51. The monoisotopic (exact) mass is 370 g/mol. The maximum absolute atomic E-state index is 12.9. The second-order valence-electron chi connectivity index (χ2n) is 6.56. The zero-order chi connectivity index (χ0) is 19.1. The molecule has 2 heterocycles. The van der Waals surface area contributed by atoms with E-state index in [1.165, 1.54) is 12.1 Å². The predicted molar refractivity (Wildman–Crippen MR) is 99.4 cm³/mol. The molecule has 1 fully saturated rings. The Bertz CT molecular complexity index is 767. The normalized spacial score (nSPS) is 15.2. The number of carbonyl (C=O) groups excluding carboxylic acids is 2. The molecular formula is C20H23FN4O2. The summed E-state index contributed by atoms with van der Waals surface area (Å²) in [4.78, 5) is 32.5. The minimum absolute atomic E-state index is 0.0000105. The summed E-state index contributed by atoms with van der Waals surface area (Å²) in [7, 11) is 0. The van der Waals surface area contributed by atoms with Crippen molar-refractivity contribution in [2.45, 2.75) is 13.0 Å². The average molecular weight is 370 g/mol. The van der Waals surface area contributed by atoms with Crippen LogP contribution in [-0.2, 0) is 11.3 Å². The first kappa shape index (κ1) is 19.0. The van der Waals surface area contributed by atoms with Crippen LogP contribution in [0.4, 0.5) is 4.39 Å². The van der Waals surface area contributed by atoms with Crippen LogP contribution in [0, 0.1) is 5.82 Å². The van der Waals surface area contributed by atoms with Crippen LogP contribution in [0.5, 0.6) is 0 Å². The fourth-order valence-electron chi connectivity index (χ4n) is 3.07. The van der Waals surface area contributed by atoms with Crippen molar-refractivity contribution in [1.82, 2.24) is 20.1 Å². The van der Waals surface area contributed by atoms with Crippen LogP contribution in [0.15, 0.2) is 48.8 Å². The number of pyridine rings is 1. The lowest BCUT2D eigenvalue weighted by molar-refractivity contribution is -0.122. The van der Waals surface area contributed by atoms with Crippen LogP contribution in [0.25, 0.3) is 0 Å². The van der Waals surface area contributed by atoms with Gasteiger partial charge in [0.2, 0.25) is 5.91 Å². The van der Waals surface area contributed by atoms with Gasteiger partial charge < -0.3 is 10.2 Å². The fourth-order valence-corrected chi connectivity index (χ4v) is 3.07. The summed E-state index contributed by atoms with van der Waals surface area (Å²) in [5.74, 6) is -0.367. The lowest BCUT2D eigenvalue weighted by Gasteiger charge is -2.21. The number of halogens is 1. The van der Waals surface area contributed by atoms with Crippen molar-refractivity contribution in [3.8, 4) is 0 Å².